The Labute approximate surface area is 492 Å². The van der Waals surface area contributed by atoms with Crippen LogP contribution in [-0.4, -0.2) is 124 Å². The Kier molecular flexibility index (Phi) is 20.4. The summed E-state index contributed by atoms with van der Waals surface area (Å²) in [6, 6.07) is 26.8. The maximum atomic E-state index is 16.9. The standard InChI is InChI=1S/C65H87NO15Si2/c1-15-31-44-32-29-30-37-47(44)59(70)66-51(45-33-25-23-26-34-45)54(81-83(20-6,21-7)22-8)61(72)77-52-41(9)50-53(76-42(10)67)56(69)63(14)48(80-82(17-3,18-4)19-5)39-49-64(40-75-49,79-43(11)68)55(63)58(78-60(71)46-35-27-24-28-36-46)65(73,62(50,12)13)57(52)74-38-16-2/h15-16,23-30,32-37,48-49,51-55,57-58,73H,1-2,17-22,31,38-40H2,3-14H3,(H,66,70)/t48-,49+,51-,52+,53+,54+,55-,57-,58-,63+,64-,65+/m0/s1. The monoisotopic (exact) mass is 1180 g/mol. The van der Waals surface area contributed by atoms with Crippen LogP contribution in [0, 0.1) is 16.7 Å². The zero-order valence-electron chi connectivity index (χ0n) is 50.6. The first kappa shape index (κ1) is 64.7. The van der Waals surface area contributed by atoms with E-state index in [2.05, 4.69) is 18.5 Å². The highest BCUT2D eigenvalue weighted by Gasteiger charge is 2.80. The summed E-state index contributed by atoms with van der Waals surface area (Å²) in [5.41, 5.74) is -6.25. The molecule has 3 fully saturated rings. The van der Waals surface area contributed by atoms with Crippen molar-refractivity contribution in [1.29, 1.82) is 0 Å². The smallest absolute Gasteiger partial charge is 0.338 e. The molecule has 0 radical (unpaired) electrons. The van der Waals surface area contributed by atoms with Crippen molar-refractivity contribution in [2.24, 2.45) is 16.7 Å². The van der Waals surface area contributed by atoms with Crippen molar-refractivity contribution >= 4 is 52.2 Å². The van der Waals surface area contributed by atoms with E-state index in [0.717, 1.165) is 0 Å². The maximum absolute atomic E-state index is 16.9. The average molecular weight is 1180 g/mol. The van der Waals surface area contributed by atoms with E-state index in [1.165, 1.54) is 19.9 Å². The Hall–Kier alpha value is -5.87. The third kappa shape index (κ3) is 11.8. The topological polar surface area (TPSA) is 209 Å². The summed E-state index contributed by atoms with van der Waals surface area (Å²) in [4.78, 5) is 90.8. The minimum Gasteiger partial charge on any atom is -0.455 e. The van der Waals surface area contributed by atoms with Crippen LogP contribution in [0.15, 0.2) is 121 Å². The summed E-state index contributed by atoms with van der Waals surface area (Å²) < 4.78 is 54.7. The van der Waals surface area contributed by atoms with E-state index < -0.39 is 129 Å². The van der Waals surface area contributed by atoms with Crippen molar-refractivity contribution in [1.82, 2.24) is 5.32 Å². The Balaban J connectivity index is 1.56. The molecule has 2 N–H and O–H groups in total. The van der Waals surface area contributed by atoms with Gasteiger partial charge in [0.1, 0.15) is 23.9 Å². The first-order valence-electron chi connectivity index (χ1n) is 29.5. The van der Waals surface area contributed by atoms with Crippen LogP contribution >= 0.6 is 0 Å². The molecular formula is C65H87NO15Si2. The number of carbonyl (C=O) groups is 6. The number of allylic oxidation sites excluding steroid dienone is 1. The lowest BCUT2D eigenvalue weighted by Crippen LogP contribution is -2.84. The van der Waals surface area contributed by atoms with Crippen LogP contribution in [0.2, 0.25) is 36.3 Å². The molecule has 2 saturated carbocycles. The molecule has 16 nitrogen and oxygen atoms in total. The number of aliphatic hydroxyl groups is 1. The first-order chi connectivity index (χ1) is 39.4. The number of carbonyl (C=O) groups excluding carboxylic acids is 6. The van der Waals surface area contributed by atoms with E-state index in [1.807, 2.05) is 59.7 Å². The second kappa shape index (κ2) is 26.2. The van der Waals surface area contributed by atoms with Gasteiger partial charge in [0.25, 0.3) is 5.91 Å². The third-order valence-corrected chi connectivity index (χ3v) is 28.3. The van der Waals surface area contributed by atoms with E-state index >= 15 is 19.5 Å². The molecule has 0 aromatic heterocycles. The predicted molar refractivity (Wildman–Crippen MR) is 319 cm³/mol. The molecule has 2 bridgehead atoms. The van der Waals surface area contributed by atoms with E-state index in [-0.39, 0.29) is 36.3 Å². The molecule has 12 atom stereocenters. The molecule has 18 heteroatoms. The maximum Gasteiger partial charge on any atom is 0.338 e. The lowest BCUT2D eigenvalue weighted by Gasteiger charge is -2.69. The highest BCUT2D eigenvalue weighted by molar-refractivity contribution is 6.74. The van der Waals surface area contributed by atoms with Crippen LogP contribution in [0.3, 0.4) is 0 Å². The highest BCUT2D eigenvalue weighted by atomic mass is 28.4. The Morgan fingerprint density at radius 1 is 0.771 bits per heavy atom. The van der Waals surface area contributed by atoms with Crippen molar-refractivity contribution in [3.8, 4) is 0 Å². The summed E-state index contributed by atoms with van der Waals surface area (Å²) in [7, 11) is -5.60. The lowest BCUT2D eigenvalue weighted by molar-refractivity contribution is -0.352. The van der Waals surface area contributed by atoms with Gasteiger partial charge in [-0.2, -0.15) is 0 Å². The zero-order valence-corrected chi connectivity index (χ0v) is 52.6. The van der Waals surface area contributed by atoms with Gasteiger partial charge in [-0.1, -0.05) is 134 Å². The van der Waals surface area contributed by atoms with Gasteiger partial charge in [-0.15, -0.1) is 13.2 Å². The number of Topliss-reactive ketones (excluding diaryl/α,β-unsaturated/α-hetero) is 1. The lowest BCUT2D eigenvalue weighted by atomic mass is 9.44. The molecule has 0 unspecified atom stereocenters. The van der Waals surface area contributed by atoms with E-state index in [4.69, 9.17) is 37.3 Å². The Bertz CT molecular complexity index is 2890. The van der Waals surface area contributed by atoms with Crippen LogP contribution < -0.4 is 5.32 Å². The largest absolute Gasteiger partial charge is 0.455 e. The van der Waals surface area contributed by atoms with Gasteiger partial charge < -0.3 is 47.7 Å². The molecule has 83 heavy (non-hydrogen) atoms. The SMILES string of the molecule is C=CCO[C@H]1[C@H](OC(=O)[C@H](O[Si](CC)(CC)CC)[C@@H](NC(=O)c2ccccc2CC=C)c2ccccc2)C(C)=C2[C@@H](OC(C)=O)C(=O)[C@]3(C)[C@@H](O[Si](CC)(CC)CC)C[C@H]4OC[C@@]4(OC(C)=O)[C@H]3[C@H](OC(=O)c3ccccc3)[C@@]1(O)C2(C)C. The van der Waals surface area contributed by atoms with Gasteiger partial charge >= 0.3 is 23.9 Å². The number of nitrogens with one attached hydrogen (secondary N) is 1. The quantitative estimate of drug-likeness (QED) is 0.0350. The van der Waals surface area contributed by atoms with Crippen molar-refractivity contribution in [2.45, 2.75) is 192 Å². The van der Waals surface area contributed by atoms with Gasteiger partial charge in [0.15, 0.2) is 46.3 Å². The predicted octanol–water partition coefficient (Wildman–Crippen LogP) is 10.7. The third-order valence-electron chi connectivity index (χ3n) is 19.1. The number of hydrogen-bond donors (Lipinski definition) is 2. The van der Waals surface area contributed by atoms with Crippen molar-refractivity contribution < 1.29 is 71.1 Å². The first-order valence-corrected chi connectivity index (χ1v) is 34.5. The zero-order chi connectivity index (χ0) is 60.9. The Morgan fingerprint density at radius 2 is 1.36 bits per heavy atom. The fourth-order valence-electron chi connectivity index (χ4n) is 14.0. The van der Waals surface area contributed by atoms with Crippen LogP contribution in [0.1, 0.15) is 127 Å². The van der Waals surface area contributed by atoms with Crippen LogP contribution in [0.4, 0.5) is 0 Å². The summed E-state index contributed by atoms with van der Waals surface area (Å²) in [5.74, 6) is -6.16. The van der Waals surface area contributed by atoms with Gasteiger partial charge in [0.2, 0.25) is 0 Å². The number of esters is 4. The average Bonchev–Trinajstić information content (AvgIpc) is 0.794. The summed E-state index contributed by atoms with van der Waals surface area (Å²) >= 11 is 0. The molecule has 3 aromatic rings. The van der Waals surface area contributed by atoms with Crippen molar-refractivity contribution in [2.75, 3.05) is 13.2 Å². The molecule has 3 aromatic carbocycles. The van der Waals surface area contributed by atoms with E-state index in [0.29, 0.717) is 59.4 Å². The van der Waals surface area contributed by atoms with Crippen molar-refractivity contribution in [3.05, 3.63) is 144 Å². The molecule has 1 saturated heterocycles. The Morgan fingerprint density at radius 3 is 1.90 bits per heavy atom. The molecule has 1 aliphatic heterocycles. The van der Waals surface area contributed by atoms with Gasteiger partial charge in [-0.05, 0) is 97.0 Å². The fourth-order valence-corrected chi connectivity index (χ4v) is 19.7. The number of ketones is 1. The van der Waals surface area contributed by atoms with Crippen LogP contribution in [0.25, 0.3) is 0 Å². The van der Waals surface area contributed by atoms with Crippen LogP contribution in [-0.2, 0) is 62.9 Å². The number of fused-ring (bicyclic) bond motifs is 5. The number of benzene rings is 3. The molecule has 1 heterocycles. The molecular weight excluding hydrogens is 1090 g/mol. The molecule has 450 valence electrons. The van der Waals surface area contributed by atoms with Gasteiger partial charge in [0.05, 0.1) is 42.3 Å². The van der Waals surface area contributed by atoms with Crippen LogP contribution in [0.5, 0.6) is 0 Å². The second-order valence-corrected chi connectivity index (χ2v) is 32.9. The normalized spacial score (nSPS) is 28.1. The number of rotatable bonds is 25. The summed E-state index contributed by atoms with van der Waals surface area (Å²) in [6.07, 6.45) is -7.09. The van der Waals surface area contributed by atoms with E-state index in [1.54, 1.807) is 101 Å². The molecule has 4 aliphatic rings. The van der Waals surface area contributed by atoms with Crippen molar-refractivity contribution in [3.63, 3.8) is 0 Å². The minimum absolute atomic E-state index is 0.0435. The van der Waals surface area contributed by atoms with Gasteiger partial charge in [-0.3, -0.25) is 19.2 Å². The van der Waals surface area contributed by atoms with E-state index in [9.17, 15) is 14.4 Å². The summed E-state index contributed by atoms with van der Waals surface area (Å²) in [6.45, 7) is 28.5. The van der Waals surface area contributed by atoms with Gasteiger partial charge in [-0.25, -0.2) is 9.59 Å². The number of ether oxygens (including phenoxy) is 6. The molecule has 3 aliphatic carbocycles. The number of hydrogen-bond acceptors (Lipinski definition) is 15. The highest BCUT2D eigenvalue weighted by Crippen LogP contribution is 2.66. The second-order valence-electron chi connectivity index (χ2n) is 23.5. The molecule has 1 amide bonds. The molecule has 0 spiro atoms. The number of amides is 1. The minimum atomic E-state index is -2.87. The fraction of sp³-hybridized carbons (Fsp3) is 0.538. The van der Waals surface area contributed by atoms with Gasteiger partial charge in [0, 0.05) is 31.2 Å². The summed E-state index contributed by atoms with van der Waals surface area (Å²) in [5, 5.41) is 18.2. The molecule has 7 rings (SSSR count).